The molecule has 2 aliphatic rings. The molecule has 0 aliphatic carbocycles. The lowest BCUT2D eigenvalue weighted by molar-refractivity contribution is 0.00503. The topological polar surface area (TPSA) is 44.8 Å². The highest BCUT2D eigenvalue weighted by Crippen LogP contribution is 2.19. The van der Waals surface area contributed by atoms with Gasteiger partial charge in [0.1, 0.15) is 5.60 Å². The quantitative estimate of drug-likeness (QED) is 0.861. The van der Waals surface area contributed by atoms with E-state index in [2.05, 4.69) is 24.1 Å². The van der Waals surface area contributed by atoms with Gasteiger partial charge in [0.25, 0.3) is 0 Å². The molecular formula is C16H31N3O2. The van der Waals surface area contributed by atoms with Crippen LogP contribution in [0.4, 0.5) is 4.79 Å². The summed E-state index contributed by atoms with van der Waals surface area (Å²) in [6.45, 7) is 15.3. The molecule has 1 atom stereocenters. The molecule has 5 heteroatoms. The van der Waals surface area contributed by atoms with E-state index in [4.69, 9.17) is 4.74 Å². The fraction of sp³-hybridized carbons (Fsp3) is 0.938. The second-order valence-corrected chi connectivity index (χ2v) is 7.73. The van der Waals surface area contributed by atoms with Crippen molar-refractivity contribution < 1.29 is 9.53 Å². The summed E-state index contributed by atoms with van der Waals surface area (Å²) >= 11 is 0. The smallest absolute Gasteiger partial charge is 0.410 e. The summed E-state index contributed by atoms with van der Waals surface area (Å²) in [6.07, 6.45) is 1.10. The molecule has 2 heterocycles. The number of amides is 1. The van der Waals surface area contributed by atoms with E-state index >= 15 is 0 Å². The van der Waals surface area contributed by atoms with Gasteiger partial charge in [0.05, 0.1) is 0 Å². The van der Waals surface area contributed by atoms with Crippen LogP contribution in [0.5, 0.6) is 0 Å². The van der Waals surface area contributed by atoms with E-state index in [1.165, 1.54) is 19.5 Å². The van der Waals surface area contributed by atoms with Gasteiger partial charge in [-0.05, 0) is 60.0 Å². The van der Waals surface area contributed by atoms with Gasteiger partial charge in [-0.1, -0.05) is 0 Å². The zero-order valence-corrected chi connectivity index (χ0v) is 14.2. The average Bonchev–Trinajstić information content (AvgIpc) is 2.73. The largest absolute Gasteiger partial charge is 0.444 e. The molecule has 0 aromatic carbocycles. The third-order valence-corrected chi connectivity index (χ3v) is 4.28. The Bertz CT molecular complexity index is 359. The lowest BCUT2D eigenvalue weighted by Crippen LogP contribution is -2.61. The van der Waals surface area contributed by atoms with Crippen molar-refractivity contribution in [2.75, 3.05) is 32.7 Å². The van der Waals surface area contributed by atoms with Gasteiger partial charge in [0.15, 0.2) is 0 Å². The van der Waals surface area contributed by atoms with Crippen LogP contribution in [-0.2, 0) is 4.74 Å². The standard InChI is InChI=1S/C16H31N3O2/c1-12(2)18-7-6-13(9-18)8-17-14-10-19(11-14)15(20)21-16(3,4)5/h12-14,17H,6-11H2,1-5H3. The van der Waals surface area contributed by atoms with Crippen molar-refractivity contribution in [3.05, 3.63) is 0 Å². The van der Waals surface area contributed by atoms with Crippen LogP contribution in [0.15, 0.2) is 0 Å². The van der Waals surface area contributed by atoms with Gasteiger partial charge in [0, 0.05) is 31.7 Å². The SMILES string of the molecule is CC(C)N1CCC(CNC2CN(C(=O)OC(C)(C)C)C2)C1. The molecule has 1 amide bonds. The predicted molar refractivity (Wildman–Crippen MR) is 84.4 cm³/mol. The number of ether oxygens (including phenoxy) is 1. The second-order valence-electron chi connectivity index (χ2n) is 7.73. The fourth-order valence-corrected chi connectivity index (χ4v) is 2.91. The van der Waals surface area contributed by atoms with Gasteiger partial charge >= 0.3 is 6.09 Å². The molecule has 122 valence electrons. The molecule has 0 bridgehead atoms. The van der Waals surface area contributed by atoms with Crippen molar-refractivity contribution in [3.8, 4) is 0 Å². The molecule has 0 aromatic rings. The van der Waals surface area contributed by atoms with E-state index < -0.39 is 5.60 Å². The molecular weight excluding hydrogens is 266 g/mol. The highest BCUT2D eigenvalue weighted by molar-refractivity contribution is 5.69. The summed E-state index contributed by atoms with van der Waals surface area (Å²) in [4.78, 5) is 16.2. The number of likely N-dealkylation sites (tertiary alicyclic amines) is 2. The van der Waals surface area contributed by atoms with Crippen molar-refractivity contribution in [1.29, 1.82) is 0 Å². The Balaban J connectivity index is 1.60. The second kappa shape index (κ2) is 6.53. The first kappa shape index (κ1) is 16.6. The molecule has 0 aromatic heterocycles. The highest BCUT2D eigenvalue weighted by atomic mass is 16.6. The average molecular weight is 297 g/mol. The van der Waals surface area contributed by atoms with Gasteiger partial charge in [-0.15, -0.1) is 0 Å². The molecule has 2 rings (SSSR count). The van der Waals surface area contributed by atoms with E-state index in [0.717, 1.165) is 25.6 Å². The Morgan fingerprint density at radius 1 is 1.29 bits per heavy atom. The van der Waals surface area contributed by atoms with Crippen molar-refractivity contribution >= 4 is 6.09 Å². The number of hydrogen-bond donors (Lipinski definition) is 1. The van der Waals surface area contributed by atoms with Crippen LogP contribution in [0.3, 0.4) is 0 Å². The molecule has 2 saturated heterocycles. The zero-order chi connectivity index (χ0) is 15.6. The first-order valence-corrected chi connectivity index (χ1v) is 8.20. The van der Waals surface area contributed by atoms with Crippen LogP contribution >= 0.6 is 0 Å². The summed E-state index contributed by atoms with van der Waals surface area (Å²) in [6, 6.07) is 1.09. The van der Waals surface area contributed by atoms with Crippen molar-refractivity contribution in [2.45, 2.75) is 58.7 Å². The van der Waals surface area contributed by atoms with E-state index in [1.54, 1.807) is 4.90 Å². The molecule has 21 heavy (non-hydrogen) atoms. The van der Waals surface area contributed by atoms with Gasteiger partial charge in [0.2, 0.25) is 0 Å². The van der Waals surface area contributed by atoms with Crippen LogP contribution in [0.25, 0.3) is 0 Å². The maximum absolute atomic E-state index is 11.8. The molecule has 0 saturated carbocycles. The maximum Gasteiger partial charge on any atom is 0.410 e. The Labute approximate surface area is 129 Å². The number of nitrogens with zero attached hydrogens (tertiary/aromatic N) is 2. The molecule has 1 N–H and O–H groups in total. The van der Waals surface area contributed by atoms with Crippen LogP contribution in [0.2, 0.25) is 0 Å². The van der Waals surface area contributed by atoms with Crippen molar-refractivity contribution in [2.24, 2.45) is 5.92 Å². The lowest BCUT2D eigenvalue weighted by atomic mass is 10.1. The van der Waals surface area contributed by atoms with Crippen molar-refractivity contribution in [3.63, 3.8) is 0 Å². The van der Waals surface area contributed by atoms with Crippen LogP contribution in [0.1, 0.15) is 41.0 Å². The van der Waals surface area contributed by atoms with Gasteiger partial charge in [-0.2, -0.15) is 0 Å². The Morgan fingerprint density at radius 2 is 1.95 bits per heavy atom. The number of hydrogen-bond acceptors (Lipinski definition) is 4. The van der Waals surface area contributed by atoms with Crippen molar-refractivity contribution in [1.82, 2.24) is 15.1 Å². The normalized spacial score (nSPS) is 24.5. The number of rotatable bonds is 4. The minimum atomic E-state index is -0.403. The van der Waals surface area contributed by atoms with Crippen LogP contribution in [-0.4, -0.2) is 66.3 Å². The lowest BCUT2D eigenvalue weighted by Gasteiger charge is -2.40. The third-order valence-electron chi connectivity index (χ3n) is 4.28. The summed E-state index contributed by atoms with van der Waals surface area (Å²) in [5.74, 6) is 0.753. The Morgan fingerprint density at radius 3 is 2.48 bits per heavy atom. The Kier molecular flexibility index (Phi) is 5.15. The predicted octanol–water partition coefficient (Wildman–Crippen LogP) is 1.93. The monoisotopic (exact) mass is 297 g/mol. The summed E-state index contributed by atoms with van der Waals surface area (Å²) < 4.78 is 5.36. The number of carbonyl (C=O) groups excluding carboxylic acids is 1. The first-order valence-electron chi connectivity index (χ1n) is 8.20. The van der Waals surface area contributed by atoms with E-state index in [0.29, 0.717) is 12.1 Å². The number of carbonyl (C=O) groups is 1. The maximum atomic E-state index is 11.8. The van der Waals surface area contributed by atoms with E-state index in [9.17, 15) is 4.79 Å². The minimum absolute atomic E-state index is 0.188. The molecule has 5 nitrogen and oxygen atoms in total. The molecule has 2 aliphatic heterocycles. The minimum Gasteiger partial charge on any atom is -0.444 e. The summed E-state index contributed by atoms with van der Waals surface area (Å²) in [7, 11) is 0. The first-order chi connectivity index (χ1) is 9.74. The third kappa shape index (κ3) is 4.85. The molecule has 0 radical (unpaired) electrons. The molecule has 2 fully saturated rings. The van der Waals surface area contributed by atoms with Gasteiger partial charge in [-0.25, -0.2) is 4.79 Å². The van der Waals surface area contributed by atoms with E-state index in [1.807, 2.05) is 20.8 Å². The Hall–Kier alpha value is -0.810. The van der Waals surface area contributed by atoms with Gasteiger partial charge in [-0.3, -0.25) is 0 Å². The van der Waals surface area contributed by atoms with Crippen LogP contribution < -0.4 is 5.32 Å². The molecule has 1 unspecified atom stereocenters. The number of nitrogens with one attached hydrogen (secondary N) is 1. The summed E-state index contributed by atoms with van der Waals surface area (Å²) in [5, 5.41) is 3.59. The zero-order valence-electron chi connectivity index (χ0n) is 14.2. The van der Waals surface area contributed by atoms with Gasteiger partial charge < -0.3 is 19.9 Å². The van der Waals surface area contributed by atoms with Crippen LogP contribution in [0, 0.1) is 5.92 Å². The fourth-order valence-electron chi connectivity index (χ4n) is 2.91. The van der Waals surface area contributed by atoms with E-state index in [-0.39, 0.29) is 6.09 Å². The summed E-state index contributed by atoms with van der Waals surface area (Å²) in [5.41, 5.74) is -0.403. The highest BCUT2D eigenvalue weighted by Gasteiger charge is 2.34. The molecule has 0 spiro atoms.